The number of carbonyl (C=O) groups is 3. The van der Waals surface area contributed by atoms with Crippen LogP contribution in [0.4, 0.5) is 0 Å². The molecule has 0 unspecified atom stereocenters. The highest BCUT2D eigenvalue weighted by molar-refractivity contribution is 8.00. The van der Waals surface area contributed by atoms with Crippen molar-refractivity contribution in [2.24, 2.45) is 17.8 Å². The third-order valence-electron chi connectivity index (χ3n) is 8.15. The minimum atomic E-state index is -0.595. The van der Waals surface area contributed by atoms with Crippen LogP contribution in [0.25, 0.3) is 0 Å². The molecule has 5 rings (SSSR count). The quantitative estimate of drug-likeness (QED) is 0.472. The van der Waals surface area contributed by atoms with Crippen LogP contribution in [0.15, 0.2) is 0 Å². The summed E-state index contributed by atoms with van der Waals surface area (Å²) >= 11 is 1.93. The van der Waals surface area contributed by atoms with Crippen LogP contribution in [0, 0.1) is 17.8 Å². The molecule has 1 saturated heterocycles. The minimum Gasteiger partial charge on any atom is -0.465 e. The number of ether oxygens (including phenoxy) is 2. The fourth-order valence-corrected chi connectivity index (χ4v) is 8.98. The molecule has 0 radical (unpaired) electrons. The predicted octanol–water partition coefficient (Wildman–Crippen LogP) is 3.93. The molecule has 8 heteroatoms. The molecule has 4 aliphatic carbocycles. The Labute approximate surface area is 214 Å². The predicted molar refractivity (Wildman–Crippen MR) is 137 cm³/mol. The van der Waals surface area contributed by atoms with Crippen molar-refractivity contribution in [3.05, 3.63) is 0 Å². The Morgan fingerprint density at radius 3 is 2.23 bits per heavy atom. The number of nitrogens with one attached hydrogen (secondary N) is 1. The lowest BCUT2D eigenvalue weighted by Crippen LogP contribution is -2.55. The van der Waals surface area contributed by atoms with Crippen molar-refractivity contribution >= 4 is 29.6 Å². The van der Waals surface area contributed by atoms with E-state index in [1.54, 1.807) is 11.8 Å². The molecule has 0 aromatic rings. The summed E-state index contributed by atoms with van der Waals surface area (Å²) in [4.78, 5) is 40.6. The number of esters is 2. The molecule has 1 aliphatic heterocycles. The number of thioether (sulfide) groups is 1. The van der Waals surface area contributed by atoms with Gasteiger partial charge < -0.3 is 14.4 Å². The summed E-state index contributed by atoms with van der Waals surface area (Å²) in [6, 6.07) is -1.70. The highest BCUT2D eigenvalue weighted by Crippen LogP contribution is 2.60. The maximum atomic E-state index is 13.4. The van der Waals surface area contributed by atoms with E-state index in [1.165, 1.54) is 38.5 Å². The molecule has 1 heterocycles. The minimum absolute atomic E-state index is 0.160. The van der Waals surface area contributed by atoms with Gasteiger partial charge in [0.05, 0.1) is 12.6 Å². The number of hydrogen-bond donors (Lipinski definition) is 1. The number of amides is 1. The number of likely N-dealkylation sites (tertiary alicyclic amines) is 1. The summed E-state index contributed by atoms with van der Waals surface area (Å²) in [5.74, 6) is 2.35. The first-order valence-corrected chi connectivity index (χ1v) is 14.6. The van der Waals surface area contributed by atoms with Crippen LogP contribution < -0.4 is 5.32 Å². The van der Waals surface area contributed by atoms with Crippen LogP contribution >= 0.6 is 11.8 Å². The van der Waals surface area contributed by atoms with E-state index in [-0.39, 0.29) is 22.6 Å². The average Bonchev–Trinajstić information content (AvgIpc) is 3.24. The Hall–Kier alpha value is -1.28. The summed E-state index contributed by atoms with van der Waals surface area (Å²) in [7, 11) is 0. The summed E-state index contributed by atoms with van der Waals surface area (Å²) in [6.07, 6.45) is 9.33. The molecular weight excluding hydrogens is 464 g/mol. The van der Waals surface area contributed by atoms with Crippen molar-refractivity contribution in [2.45, 2.75) is 114 Å². The van der Waals surface area contributed by atoms with Gasteiger partial charge >= 0.3 is 11.9 Å². The van der Waals surface area contributed by atoms with Gasteiger partial charge in [0.25, 0.3) is 0 Å². The first-order chi connectivity index (χ1) is 16.5. The second-order valence-electron chi connectivity index (χ2n) is 12.3. The molecule has 0 spiro atoms. The molecular formula is C27H44N2O5S. The van der Waals surface area contributed by atoms with E-state index in [2.05, 4.69) is 5.32 Å². The summed E-state index contributed by atoms with van der Waals surface area (Å²) in [5, 5.41) is 3.28. The Morgan fingerprint density at radius 2 is 1.69 bits per heavy atom. The van der Waals surface area contributed by atoms with E-state index < -0.39 is 23.7 Å². The smallest absolute Gasteiger partial charge is 0.329 e. The average molecular weight is 509 g/mol. The van der Waals surface area contributed by atoms with Crippen molar-refractivity contribution < 1.29 is 23.9 Å². The Kier molecular flexibility index (Phi) is 8.11. The topological polar surface area (TPSA) is 84.9 Å². The first kappa shape index (κ1) is 26.8. The Balaban J connectivity index is 1.38. The maximum absolute atomic E-state index is 13.4. The highest BCUT2D eigenvalue weighted by Gasteiger charge is 2.51. The van der Waals surface area contributed by atoms with Crippen molar-refractivity contribution in [2.75, 3.05) is 18.9 Å². The first-order valence-electron chi connectivity index (χ1n) is 13.6. The second-order valence-corrected chi connectivity index (χ2v) is 13.8. The molecule has 1 amide bonds. The van der Waals surface area contributed by atoms with E-state index in [9.17, 15) is 14.4 Å². The molecule has 0 aromatic carbocycles. The van der Waals surface area contributed by atoms with Gasteiger partial charge in [-0.3, -0.25) is 14.9 Å². The molecule has 198 valence electrons. The molecule has 35 heavy (non-hydrogen) atoms. The molecule has 0 aromatic heterocycles. The van der Waals surface area contributed by atoms with E-state index >= 15 is 0 Å². The molecule has 5 fully saturated rings. The SMILES string of the molecule is CCOC(=O)[C@H](CSC12CC3CC(CC(C3)C1)C2)N[C@@H](C)C(=O)N1CCC[C@H]1C(=O)OC(C)(C)C. The molecule has 4 bridgehead atoms. The molecule has 3 atom stereocenters. The van der Waals surface area contributed by atoms with Gasteiger partial charge in [0, 0.05) is 17.0 Å². The molecule has 7 nitrogen and oxygen atoms in total. The number of rotatable bonds is 9. The lowest BCUT2D eigenvalue weighted by molar-refractivity contribution is -0.163. The zero-order valence-electron chi connectivity index (χ0n) is 22.1. The standard InChI is InChI=1S/C27H44N2O5S/c1-6-33-24(31)21(16-35-27-13-18-10-19(14-27)12-20(11-18)15-27)28-17(2)23(30)29-9-7-8-22(29)25(32)34-26(3,4)5/h17-22,28H,6-16H2,1-5H3/t17-,18?,19?,20?,21-,22-,27?/m0/s1. The normalized spacial score (nSPS) is 33.5. The molecule has 4 saturated carbocycles. The summed E-state index contributed by atoms with van der Waals surface area (Å²) < 4.78 is 11.2. The van der Waals surface area contributed by atoms with Gasteiger partial charge in [0.15, 0.2) is 0 Å². The van der Waals surface area contributed by atoms with Gasteiger partial charge in [-0.25, -0.2) is 4.79 Å². The highest BCUT2D eigenvalue weighted by atomic mass is 32.2. The van der Waals surface area contributed by atoms with Gasteiger partial charge in [0.2, 0.25) is 5.91 Å². The largest absolute Gasteiger partial charge is 0.465 e. The van der Waals surface area contributed by atoms with Gasteiger partial charge in [-0.2, -0.15) is 11.8 Å². The van der Waals surface area contributed by atoms with Crippen molar-refractivity contribution in [1.82, 2.24) is 10.2 Å². The summed E-state index contributed by atoms with van der Waals surface area (Å²) in [5.41, 5.74) is -0.595. The van der Waals surface area contributed by atoms with Gasteiger partial charge in [-0.15, -0.1) is 0 Å². The zero-order chi connectivity index (χ0) is 25.4. The van der Waals surface area contributed by atoms with E-state index in [4.69, 9.17) is 9.47 Å². The Morgan fingerprint density at radius 1 is 1.09 bits per heavy atom. The second kappa shape index (κ2) is 10.6. The fourth-order valence-electron chi connectivity index (χ4n) is 7.16. The van der Waals surface area contributed by atoms with Gasteiger partial charge in [-0.1, -0.05) is 0 Å². The van der Waals surface area contributed by atoms with Crippen molar-refractivity contribution in [3.63, 3.8) is 0 Å². The third-order valence-corrected chi connectivity index (χ3v) is 9.76. The van der Waals surface area contributed by atoms with Gasteiger partial charge in [-0.05, 0) is 104 Å². The lowest BCUT2D eigenvalue weighted by atomic mass is 9.56. The maximum Gasteiger partial charge on any atom is 0.329 e. The number of hydrogen-bond acceptors (Lipinski definition) is 7. The fraction of sp³-hybridized carbons (Fsp3) is 0.889. The zero-order valence-corrected chi connectivity index (χ0v) is 23.0. The van der Waals surface area contributed by atoms with Crippen LogP contribution in [0.3, 0.4) is 0 Å². The summed E-state index contributed by atoms with van der Waals surface area (Å²) in [6.45, 7) is 9.94. The monoisotopic (exact) mass is 508 g/mol. The van der Waals surface area contributed by atoms with Crippen molar-refractivity contribution in [3.8, 4) is 0 Å². The van der Waals surface area contributed by atoms with Crippen LogP contribution in [0.1, 0.15) is 86.0 Å². The Bertz CT molecular complexity index is 775. The van der Waals surface area contributed by atoms with Crippen LogP contribution in [-0.4, -0.2) is 70.1 Å². The molecule has 1 N–H and O–H groups in total. The van der Waals surface area contributed by atoms with Crippen LogP contribution in [0.2, 0.25) is 0 Å². The number of nitrogens with zero attached hydrogens (tertiary/aromatic N) is 1. The van der Waals surface area contributed by atoms with Gasteiger partial charge in [0.1, 0.15) is 17.7 Å². The van der Waals surface area contributed by atoms with Crippen LogP contribution in [0.5, 0.6) is 0 Å². The van der Waals surface area contributed by atoms with Crippen molar-refractivity contribution in [1.29, 1.82) is 0 Å². The van der Waals surface area contributed by atoms with Crippen LogP contribution in [-0.2, 0) is 23.9 Å². The molecule has 5 aliphatic rings. The lowest BCUT2D eigenvalue weighted by Gasteiger charge is -2.56. The van der Waals surface area contributed by atoms with E-state index in [0.29, 0.717) is 25.3 Å². The van der Waals surface area contributed by atoms with E-state index in [1.807, 2.05) is 39.5 Å². The number of carbonyl (C=O) groups excluding carboxylic acids is 3. The third kappa shape index (κ3) is 6.35. The van der Waals surface area contributed by atoms with E-state index in [0.717, 1.165) is 24.2 Å².